The van der Waals surface area contributed by atoms with Gasteiger partial charge in [0.2, 0.25) is 5.91 Å². The Balaban J connectivity index is 1.98. The van der Waals surface area contributed by atoms with Gasteiger partial charge in [-0.3, -0.25) is 9.69 Å². The molecule has 2 aromatic rings. The van der Waals surface area contributed by atoms with Crippen molar-refractivity contribution >= 4 is 5.91 Å². The van der Waals surface area contributed by atoms with Gasteiger partial charge in [0.25, 0.3) is 0 Å². The summed E-state index contributed by atoms with van der Waals surface area (Å²) in [6, 6.07) is 10.6. The first-order valence-electron chi connectivity index (χ1n) is 8.13. The SMILES string of the molecule is Cc1ccc(CN(CC(=O)N(C)Cc2ccccc2F)C(C)C)o1. The molecule has 0 radical (unpaired) electrons. The van der Waals surface area contributed by atoms with Crippen molar-refractivity contribution in [2.75, 3.05) is 13.6 Å². The van der Waals surface area contributed by atoms with E-state index in [2.05, 4.69) is 0 Å². The van der Waals surface area contributed by atoms with Gasteiger partial charge in [-0.05, 0) is 39.0 Å². The average Bonchev–Trinajstić information content (AvgIpc) is 2.93. The second-order valence-electron chi connectivity index (χ2n) is 6.35. The lowest BCUT2D eigenvalue weighted by molar-refractivity contribution is -0.132. The van der Waals surface area contributed by atoms with Gasteiger partial charge < -0.3 is 9.32 Å². The molecule has 0 bridgehead atoms. The molecule has 1 amide bonds. The predicted molar refractivity (Wildman–Crippen MR) is 91.9 cm³/mol. The number of carbonyl (C=O) groups excluding carboxylic acids is 1. The zero-order valence-corrected chi connectivity index (χ0v) is 14.8. The third-order valence-electron chi connectivity index (χ3n) is 4.01. The van der Waals surface area contributed by atoms with Crippen molar-refractivity contribution in [3.05, 3.63) is 59.3 Å². The van der Waals surface area contributed by atoms with Crippen LogP contribution < -0.4 is 0 Å². The largest absolute Gasteiger partial charge is 0.465 e. The minimum absolute atomic E-state index is 0.0461. The van der Waals surface area contributed by atoms with Crippen molar-refractivity contribution in [3.63, 3.8) is 0 Å². The first-order valence-corrected chi connectivity index (χ1v) is 8.13. The molecule has 1 heterocycles. The second kappa shape index (κ2) is 8.11. The molecule has 1 aromatic heterocycles. The van der Waals surface area contributed by atoms with Crippen LogP contribution in [0.4, 0.5) is 4.39 Å². The van der Waals surface area contributed by atoms with Gasteiger partial charge in [-0.15, -0.1) is 0 Å². The summed E-state index contributed by atoms with van der Waals surface area (Å²) in [5.41, 5.74) is 0.520. The lowest BCUT2D eigenvalue weighted by Gasteiger charge is -2.27. The molecule has 24 heavy (non-hydrogen) atoms. The number of hydrogen-bond acceptors (Lipinski definition) is 3. The average molecular weight is 332 g/mol. The highest BCUT2D eigenvalue weighted by Crippen LogP contribution is 2.13. The highest BCUT2D eigenvalue weighted by atomic mass is 19.1. The standard InChI is InChI=1S/C19H25FN2O2/c1-14(2)22(12-17-10-9-15(3)24-17)13-19(23)21(4)11-16-7-5-6-8-18(16)20/h5-10,14H,11-13H2,1-4H3. The highest BCUT2D eigenvalue weighted by molar-refractivity contribution is 5.78. The first kappa shape index (κ1) is 18.2. The van der Waals surface area contributed by atoms with Crippen LogP contribution in [0.1, 0.15) is 30.9 Å². The Bertz CT molecular complexity index is 682. The van der Waals surface area contributed by atoms with E-state index in [1.807, 2.05) is 37.8 Å². The van der Waals surface area contributed by atoms with Gasteiger partial charge >= 0.3 is 0 Å². The normalized spacial score (nSPS) is 11.3. The lowest BCUT2D eigenvalue weighted by Crippen LogP contribution is -2.41. The number of nitrogens with zero attached hydrogens (tertiary/aromatic N) is 2. The first-order chi connectivity index (χ1) is 11.4. The highest BCUT2D eigenvalue weighted by Gasteiger charge is 2.19. The van der Waals surface area contributed by atoms with Gasteiger partial charge in [-0.25, -0.2) is 4.39 Å². The summed E-state index contributed by atoms with van der Waals surface area (Å²) in [6.45, 7) is 7.08. The van der Waals surface area contributed by atoms with E-state index in [4.69, 9.17) is 4.42 Å². The number of furan rings is 1. The van der Waals surface area contributed by atoms with Gasteiger partial charge in [-0.1, -0.05) is 18.2 Å². The Morgan fingerprint density at radius 2 is 1.88 bits per heavy atom. The molecule has 0 N–H and O–H groups in total. The summed E-state index contributed by atoms with van der Waals surface area (Å²) in [4.78, 5) is 16.1. The fourth-order valence-electron chi connectivity index (χ4n) is 2.46. The van der Waals surface area contributed by atoms with Crippen LogP contribution in [0.15, 0.2) is 40.8 Å². The second-order valence-corrected chi connectivity index (χ2v) is 6.35. The van der Waals surface area contributed by atoms with Crippen LogP contribution in [-0.4, -0.2) is 35.3 Å². The van der Waals surface area contributed by atoms with Crippen LogP contribution in [0, 0.1) is 12.7 Å². The zero-order chi connectivity index (χ0) is 17.7. The molecule has 0 atom stereocenters. The zero-order valence-electron chi connectivity index (χ0n) is 14.8. The molecule has 1 aromatic carbocycles. The van der Waals surface area contributed by atoms with Gasteiger partial charge in [0.1, 0.15) is 17.3 Å². The molecule has 4 nitrogen and oxygen atoms in total. The van der Waals surface area contributed by atoms with Crippen molar-refractivity contribution in [2.45, 2.75) is 39.9 Å². The van der Waals surface area contributed by atoms with Crippen LogP contribution in [0.3, 0.4) is 0 Å². The monoisotopic (exact) mass is 332 g/mol. The number of rotatable bonds is 7. The maximum atomic E-state index is 13.7. The molecule has 130 valence electrons. The molecule has 0 unspecified atom stereocenters. The minimum atomic E-state index is -0.288. The number of aryl methyl sites for hydroxylation is 1. The van der Waals surface area contributed by atoms with Crippen LogP contribution in [0.2, 0.25) is 0 Å². The van der Waals surface area contributed by atoms with Gasteiger partial charge in [0, 0.05) is 25.2 Å². The Morgan fingerprint density at radius 3 is 2.46 bits per heavy atom. The fourth-order valence-corrected chi connectivity index (χ4v) is 2.46. The van der Waals surface area contributed by atoms with E-state index < -0.39 is 0 Å². The van der Waals surface area contributed by atoms with Crippen LogP contribution in [0.25, 0.3) is 0 Å². The molecule has 5 heteroatoms. The van der Waals surface area contributed by atoms with Crippen molar-refractivity contribution in [1.29, 1.82) is 0 Å². The van der Waals surface area contributed by atoms with Gasteiger partial charge in [0.05, 0.1) is 13.1 Å². The van der Waals surface area contributed by atoms with Gasteiger partial charge in [-0.2, -0.15) is 0 Å². The van der Waals surface area contributed by atoms with Crippen molar-refractivity contribution < 1.29 is 13.6 Å². The third kappa shape index (κ3) is 4.93. The Morgan fingerprint density at radius 1 is 1.17 bits per heavy atom. The summed E-state index contributed by atoms with van der Waals surface area (Å²) in [7, 11) is 1.70. The van der Waals surface area contributed by atoms with Crippen molar-refractivity contribution in [1.82, 2.24) is 9.80 Å². The number of hydrogen-bond donors (Lipinski definition) is 0. The molecular formula is C19H25FN2O2. The third-order valence-corrected chi connectivity index (χ3v) is 4.01. The summed E-state index contributed by atoms with van der Waals surface area (Å²) < 4.78 is 19.3. The number of carbonyl (C=O) groups is 1. The Hall–Kier alpha value is -2.14. The number of halogens is 1. The molecule has 0 spiro atoms. The van der Waals surface area contributed by atoms with E-state index >= 15 is 0 Å². The topological polar surface area (TPSA) is 36.7 Å². The molecule has 0 aliphatic heterocycles. The number of amides is 1. The lowest BCUT2D eigenvalue weighted by atomic mass is 10.2. The predicted octanol–water partition coefficient (Wildman–Crippen LogP) is 3.60. The van der Waals surface area contributed by atoms with E-state index in [0.29, 0.717) is 12.1 Å². The maximum absolute atomic E-state index is 13.7. The van der Waals surface area contributed by atoms with Crippen LogP contribution in [0.5, 0.6) is 0 Å². The van der Waals surface area contributed by atoms with E-state index in [-0.39, 0.29) is 30.9 Å². The number of likely N-dealkylation sites (N-methyl/N-ethyl adjacent to an activating group) is 1. The molecular weight excluding hydrogens is 307 g/mol. The summed E-state index contributed by atoms with van der Waals surface area (Å²) >= 11 is 0. The Kier molecular flexibility index (Phi) is 6.15. The van der Waals surface area contributed by atoms with Crippen LogP contribution in [-0.2, 0) is 17.9 Å². The maximum Gasteiger partial charge on any atom is 0.236 e. The smallest absolute Gasteiger partial charge is 0.236 e. The molecule has 2 rings (SSSR count). The van der Waals surface area contributed by atoms with Crippen molar-refractivity contribution in [2.24, 2.45) is 0 Å². The minimum Gasteiger partial charge on any atom is -0.465 e. The molecule has 0 aliphatic rings. The van der Waals surface area contributed by atoms with Crippen molar-refractivity contribution in [3.8, 4) is 0 Å². The van der Waals surface area contributed by atoms with Crippen LogP contribution >= 0.6 is 0 Å². The molecule has 0 aliphatic carbocycles. The molecule has 0 saturated carbocycles. The fraction of sp³-hybridized carbons (Fsp3) is 0.421. The summed E-state index contributed by atoms with van der Waals surface area (Å²) in [5, 5.41) is 0. The van der Waals surface area contributed by atoms with Gasteiger partial charge in [0.15, 0.2) is 0 Å². The van der Waals surface area contributed by atoms with E-state index in [1.54, 1.807) is 30.1 Å². The Labute approximate surface area is 142 Å². The van der Waals surface area contributed by atoms with E-state index in [9.17, 15) is 9.18 Å². The number of benzene rings is 1. The molecule has 0 fully saturated rings. The van der Waals surface area contributed by atoms with E-state index in [1.165, 1.54) is 6.07 Å². The quantitative estimate of drug-likeness (QED) is 0.777. The molecule has 0 saturated heterocycles. The van der Waals surface area contributed by atoms with E-state index in [0.717, 1.165) is 11.5 Å². The summed E-state index contributed by atoms with van der Waals surface area (Å²) in [6.07, 6.45) is 0. The summed E-state index contributed by atoms with van der Waals surface area (Å²) in [5.74, 6) is 1.36.